The number of rotatable bonds is 6. The number of benzene rings is 2. The summed E-state index contributed by atoms with van der Waals surface area (Å²) >= 11 is 3.21. The molecular formula is C30H23BrN2O8. The summed E-state index contributed by atoms with van der Waals surface area (Å²) in [5, 5.41) is 20.4. The van der Waals surface area contributed by atoms with E-state index in [0.29, 0.717) is 16.9 Å². The maximum absolute atomic E-state index is 13.9. The van der Waals surface area contributed by atoms with Crippen LogP contribution in [0.1, 0.15) is 24.3 Å². The molecule has 208 valence electrons. The molecule has 1 heterocycles. The molecule has 0 aromatic heterocycles. The fraction of sp³-hybridized carbons (Fsp3) is 0.267. The molecule has 2 aromatic rings. The minimum Gasteiger partial charge on any atom is -0.491 e. The third-order valence-corrected chi connectivity index (χ3v) is 8.79. The lowest BCUT2D eigenvalue weighted by Gasteiger charge is -2.42. The Labute approximate surface area is 242 Å². The lowest BCUT2D eigenvalue weighted by molar-refractivity contribution is -0.384. The first-order chi connectivity index (χ1) is 19.7. The van der Waals surface area contributed by atoms with Gasteiger partial charge in [-0.2, -0.15) is 0 Å². The third-order valence-electron chi connectivity index (χ3n) is 8.20. The number of fused-ring (bicyclic) bond motifs is 3. The first kappa shape index (κ1) is 27.0. The summed E-state index contributed by atoms with van der Waals surface area (Å²) in [5.74, 6) is -3.65. The predicted octanol–water partition coefficient (Wildman–Crippen LogP) is 3.93. The van der Waals surface area contributed by atoms with Crippen molar-refractivity contribution in [1.29, 1.82) is 0 Å². The number of nitrogens with zero attached hydrogens (tertiary/aromatic N) is 2. The molecule has 4 atom stereocenters. The highest BCUT2D eigenvalue weighted by atomic mass is 79.9. The van der Waals surface area contributed by atoms with Gasteiger partial charge in [-0.1, -0.05) is 29.8 Å². The molecule has 0 spiro atoms. The Bertz CT molecular complexity index is 1620. The van der Waals surface area contributed by atoms with Crippen molar-refractivity contribution in [3.05, 3.63) is 97.6 Å². The standard InChI is InChI=1S/C30H23BrN2O8/c31-23-14-24(35)27-22(28(23)36)13-21-19(25(27)15-4-6-18(7-5-15)41-11-10-34)8-9-20-26(21)30(38)32(29(20)37)16-2-1-3-17(12-16)33(39)40/h1-8,12,14,20-21,25-26,34H,9-11,13H2/t20-,21+,25-,26-/m0/s1. The molecule has 10 nitrogen and oxygen atoms in total. The number of nitro groups is 1. The Balaban J connectivity index is 1.43. The average molecular weight is 619 g/mol. The van der Waals surface area contributed by atoms with Gasteiger partial charge in [-0.3, -0.25) is 29.3 Å². The van der Waals surface area contributed by atoms with Crippen molar-refractivity contribution >= 4 is 50.7 Å². The quantitative estimate of drug-likeness (QED) is 0.169. The van der Waals surface area contributed by atoms with Crippen molar-refractivity contribution < 1.29 is 33.9 Å². The number of aliphatic hydroxyl groups excluding tert-OH is 1. The van der Waals surface area contributed by atoms with Gasteiger partial charge in [0.2, 0.25) is 11.8 Å². The third kappa shape index (κ3) is 4.36. The van der Waals surface area contributed by atoms with Crippen LogP contribution in [0.5, 0.6) is 5.75 Å². The summed E-state index contributed by atoms with van der Waals surface area (Å²) in [5.41, 5.74) is 2.08. The molecule has 0 bridgehead atoms. The summed E-state index contributed by atoms with van der Waals surface area (Å²) in [4.78, 5) is 65.9. The number of nitro benzene ring substituents is 1. The smallest absolute Gasteiger partial charge is 0.271 e. The van der Waals surface area contributed by atoms with Crippen LogP contribution in [-0.4, -0.2) is 46.6 Å². The van der Waals surface area contributed by atoms with Gasteiger partial charge in [-0.25, -0.2) is 4.90 Å². The SMILES string of the molecule is O=C1C=C(Br)C(=O)C2=C1[C@@H](c1ccc(OCCO)cc1)C1=CC[C@@H]3C(=O)N(c4cccc([N+](=O)[O-])c4)C(=O)[C@@H]3[C@@H]1C2. The Hall–Kier alpha value is -4.22. The van der Waals surface area contributed by atoms with Crippen LogP contribution in [0.2, 0.25) is 0 Å². The van der Waals surface area contributed by atoms with Crippen LogP contribution in [0, 0.1) is 27.9 Å². The van der Waals surface area contributed by atoms with Gasteiger partial charge in [0.05, 0.1) is 33.5 Å². The van der Waals surface area contributed by atoms with E-state index < -0.39 is 40.4 Å². The van der Waals surface area contributed by atoms with Gasteiger partial charge >= 0.3 is 0 Å². The second-order valence-electron chi connectivity index (χ2n) is 10.3. The van der Waals surface area contributed by atoms with E-state index in [-0.39, 0.29) is 53.5 Å². The molecule has 0 radical (unpaired) electrons. The monoisotopic (exact) mass is 618 g/mol. The summed E-state index contributed by atoms with van der Waals surface area (Å²) < 4.78 is 5.62. The number of amides is 2. The second kappa shape index (κ2) is 10.3. The van der Waals surface area contributed by atoms with Gasteiger partial charge in [0, 0.05) is 35.3 Å². The lowest BCUT2D eigenvalue weighted by atomic mass is 9.59. The van der Waals surface area contributed by atoms with Gasteiger partial charge in [-0.05, 0) is 58.5 Å². The molecule has 2 aromatic carbocycles. The topological polar surface area (TPSA) is 144 Å². The fourth-order valence-corrected chi connectivity index (χ4v) is 6.95. The van der Waals surface area contributed by atoms with Gasteiger partial charge in [-0.15, -0.1) is 0 Å². The molecular weight excluding hydrogens is 596 g/mol. The van der Waals surface area contributed by atoms with Crippen LogP contribution in [0.25, 0.3) is 0 Å². The van der Waals surface area contributed by atoms with Crippen molar-refractivity contribution in [2.24, 2.45) is 17.8 Å². The van der Waals surface area contributed by atoms with Crippen LogP contribution in [0.15, 0.2) is 81.9 Å². The van der Waals surface area contributed by atoms with E-state index in [1.165, 1.54) is 30.3 Å². The van der Waals surface area contributed by atoms with E-state index in [1.807, 2.05) is 6.08 Å². The van der Waals surface area contributed by atoms with Crippen LogP contribution in [0.4, 0.5) is 11.4 Å². The Kier molecular flexibility index (Phi) is 6.79. The van der Waals surface area contributed by atoms with E-state index >= 15 is 0 Å². The molecule has 6 rings (SSSR count). The number of aliphatic hydroxyl groups is 1. The number of ether oxygens (including phenoxy) is 1. The molecule has 1 saturated heterocycles. The number of ketones is 2. The predicted molar refractivity (Wildman–Crippen MR) is 149 cm³/mol. The van der Waals surface area contributed by atoms with Crippen molar-refractivity contribution in [1.82, 2.24) is 0 Å². The number of hydrogen-bond donors (Lipinski definition) is 1. The zero-order valence-electron chi connectivity index (χ0n) is 21.5. The van der Waals surface area contributed by atoms with Gasteiger partial charge in [0.1, 0.15) is 12.4 Å². The number of hydrogen-bond acceptors (Lipinski definition) is 8. The molecule has 0 saturated carbocycles. The number of carbonyl (C=O) groups excluding carboxylic acids is 4. The molecule has 1 fully saturated rings. The normalized spacial score (nSPS) is 25.4. The Morgan fingerprint density at radius 2 is 1.80 bits per heavy atom. The van der Waals surface area contributed by atoms with Crippen LogP contribution in [-0.2, 0) is 19.2 Å². The minimum atomic E-state index is -0.793. The maximum Gasteiger partial charge on any atom is 0.271 e. The number of carbonyl (C=O) groups is 4. The molecule has 41 heavy (non-hydrogen) atoms. The Morgan fingerprint density at radius 3 is 2.51 bits per heavy atom. The number of imide groups is 1. The van der Waals surface area contributed by atoms with Gasteiger partial charge < -0.3 is 9.84 Å². The molecule has 11 heteroatoms. The largest absolute Gasteiger partial charge is 0.491 e. The number of anilines is 1. The Morgan fingerprint density at radius 1 is 1.05 bits per heavy atom. The van der Waals surface area contributed by atoms with Gasteiger partial charge in [0.25, 0.3) is 5.69 Å². The van der Waals surface area contributed by atoms with Gasteiger partial charge in [0.15, 0.2) is 11.6 Å². The average Bonchev–Trinajstić information content (AvgIpc) is 3.23. The number of allylic oxidation sites excluding steroid dienone is 6. The van der Waals surface area contributed by atoms with Crippen molar-refractivity contribution in [3.8, 4) is 5.75 Å². The fourth-order valence-electron chi connectivity index (χ4n) is 6.51. The summed E-state index contributed by atoms with van der Waals surface area (Å²) in [7, 11) is 0. The van der Waals surface area contributed by atoms with Crippen molar-refractivity contribution in [2.75, 3.05) is 18.1 Å². The highest BCUT2D eigenvalue weighted by Gasteiger charge is 2.56. The highest BCUT2D eigenvalue weighted by molar-refractivity contribution is 9.12. The van der Waals surface area contributed by atoms with Crippen molar-refractivity contribution in [2.45, 2.75) is 18.8 Å². The minimum absolute atomic E-state index is 0.117. The molecule has 1 N–H and O–H groups in total. The van der Waals surface area contributed by atoms with E-state index in [1.54, 1.807) is 24.3 Å². The van der Waals surface area contributed by atoms with E-state index in [2.05, 4.69) is 15.9 Å². The zero-order valence-corrected chi connectivity index (χ0v) is 23.1. The van der Waals surface area contributed by atoms with E-state index in [4.69, 9.17) is 9.84 Å². The van der Waals surface area contributed by atoms with Crippen LogP contribution in [0.3, 0.4) is 0 Å². The first-order valence-corrected chi connectivity index (χ1v) is 13.9. The number of non-ortho nitro benzene ring substituents is 1. The van der Waals surface area contributed by atoms with Crippen molar-refractivity contribution in [3.63, 3.8) is 0 Å². The number of halogens is 1. The van der Waals surface area contributed by atoms with Crippen LogP contribution >= 0.6 is 15.9 Å². The second-order valence-corrected chi connectivity index (χ2v) is 11.2. The lowest BCUT2D eigenvalue weighted by Crippen LogP contribution is -2.39. The molecule has 1 aliphatic heterocycles. The van der Waals surface area contributed by atoms with Crippen LogP contribution < -0.4 is 9.64 Å². The first-order valence-electron chi connectivity index (χ1n) is 13.1. The highest BCUT2D eigenvalue weighted by Crippen LogP contribution is 2.55. The molecule has 3 aliphatic carbocycles. The van der Waals surface area contributed by atoms with E-state index in [0.717, 1.165) is 16.0 Å². The maximum atomic E-state index is 13.9. The molecule has 0 unspecified atom stereocenters. The summed E-state index contributed by atoms with van der Waals surface area (Å²) in [6.45, 7) is -0.0208. The molecule has 4 aliphatic rings. The summed E-state index contributed by atoms with van der Waals surface area (Å²) in [6.07, 6.45) is 3.55. The molecule has 2 amide bonds. The number of Topliss-reactive ketones (excluding diaryl/α,β-unsaturated/α-hetero) is 1. The zero-order chi connectivity index (χ0) is 29.0. The summed E-state index contributed by atoms with van der Waals surface area (Å²) in [6, 6.07) is 12.4. The van der Waals surface area contributed by atoms with E-state index in [9.17, 15) is 29.3 Å².